The minimum Gasteiger partial charge on any atom is -0.495 e. The number of imide groups is 1. The summed E-state index contributed by atoms with van der Waals surface area (Å²) in [6.07, 6.45) is 0.150. The highest BCUT2D eigenvalue weighted by Gasteiger charge is 2.40. The number of anilines is 2. The first-order chi connectivity index (χ1) is 11.5. The molecule has 0 aromatic heterocycles. The average molecular weight is 363 g/mol. The van der Waals surface area contributed by atoms with Crippen molar-refractivity contribution in [3.8, 4) is 5.75 Å². The van der Waals surface area contributed by atoms with Gasteiger partial charge in [0.2, 0.25) is 11.8 Å². The summed E-state index contributed by atoms with van der Waals surface area (Å²) in [4.78, 5) is 27.0. The molecule has 124 valence electrons. The number of halogens is 1. The normalized spacial score (nSPS) is 17.4. The van der Waals surface area contributed by atoms with Crippen molar-refractivity contribution in [1.82, 2.24) is 0 Å². The molecule has 2 N–H and O–H groups in total. The largest absolute Gasteiger partial charge is 0.495 e. The van der Waals surface area contributed by atoms with Crippen molar-refractivity contribution in [3.63, 3.8) is 0 Å². The summed E-state index contributed by atoms with van der Waals surface area (Å²) >= 11 is 7.45. The molecule has 3 rings (SSSR count). The Bertz CT molecular complexity index is 795. The summed E-state index contributed by atoms with van der Waals surface area (Å²) in [6, 6.07) is 12.1. The van der Waals surface area contributed by atoms with Gasteiger partial charge in [0, 0.05) is 17.0 Å². The van der Waals surface area contributed by atoms with Crippen molar-refractivity contribution >= 4 is 46.6 Å². The fourth-order valence-electron chi connectivity index (χ4n) is 2.47. The predicted octanol–water partition coefficient (Wildman–Crippen LogP) is 3.36. The molecule has 1 unspecified atom stereocenters. The second-order valence-electron chi connectivity index (χ2n) is 5.27. The molecule has 24 heavy (non-hydrogen) atoms. The second-order valence-corrected chi connectivity index (χ2v) is 6.95. The average Bonchev–Trinajstić information content (AvgIpc) is 2.83. The number of thioether (sulfide) groups is 1. The van der Waals surface area contributed by atoms with Crippen molar-refractivity contribution in [1.29, 1.82) is 0 Å². The molecule has 0 spiro atoms. The van der Waals surface area contributed by atoms with Gasteiger partial charge < -0.3 is 10.5 Å². The van der Waals surface area contributed by atoms with E-state index in [9.17, 15) is 9.59 Å². The fraction of sp³-hybridized carbons (Fsp3) is 0.176. The molecule has 7 heteroatoms. The smallest absolute Gasteiger partial charge is 0.247 e. The lowest BCUT2D eigenvalue weighted by Crippen LogP contribution is -2.31. The van der Waals surface area contributed by atoms with Crippen molar-refractivity contribution < 1.29 is 14.3 Å². The molecular weight excluding hydrogens is 348 g/mol. The Morgan fingerprint density at radius 1 is 1.21 bits per heavy atom. The molecule has 1 aliphatic heterocycles. The molecule has 1 fully saturated rings. The summed E-state index contributed by atoms with van der Waals surface area (Å²) in [5.41, 5.74) is 6.77. The van der Waals surface area contributed by atoms with E-state index in [2.05, 4.69) is 0 Å². The zero-order valence-electron chi connectivity index (χ0n) is 12.9. The van der Waals surface area contributed by atoms with Crippen LogP contribution in [0.3, 0.4) is 0 Å². The number of ether oxygens (including phenoxy) is 1. The minimum absolute atomic E-state index is 0.150. The standard InChI is InChI=1S/C17H15ClN2O3S/c1-23-14-7-4-11(8-13(14)18)20-16(21)9-15(17(20)22)24-12-5-2-10(19)3-6-12/h2-8,15H,9,19H2,1H3. The predicted molar refractivity (Wildman–Crippen MR) is 95.6 cm³/mol. The topological polar surface area (TPSA) is 72.6 Å². The third kappa shape index (κ3) is 3.20. The number of nitrogen functional groups attached to an aromatic ring is 1. The molecule has 2 amide bonds. The van der Waals surface area contributed by atoms with Gasteiger partial charge in [-0.15, -0.1) is 11.8 Å². The molecule has 0 saturated carbocycles. The van der Waals surface area contributed by atoms with Gasteiger partial charge in [-0.1, -0.05) is 11.6 Å². The van der Waals surface area contributed by atoms with E-state index in [1.165, 1.54) is 23.8 Å². The van der Waals surface area contributed by atoms with Crippen molar-refractivity contribution in [3.05, 3.63) is 47.5 Å². The van der Waals surface area contributed by atoms with Crippen LogP contribution < -0.4 is 15.4 Å². The van der Waals surface area contributed by atoms with Gasteiger partial charge in [-0.05, 0) is 42.5 Å². The van der Waals surface area contributed by atoms with Crippen LogP contribution in [0.4, 0.5) is 11.4 Å². The third-order valence-corrected chi connectivity index (χ3v) is 5.15. The molecule has 0 radical (unpaired) electrons. The summed E-state index contributed by atoms with van der Waals surface area (Å²) in [6.45, 7) is 0. The second kappa shape index (κ2) is 6.75. The van der Waals surface area contributed by atoms with E-state index in [1.807, 2.05) is 12.1 Å². The summed E-state index contributed by atoms with van der Waals surface area (Å²) < 4.78 is 5.09. The van der Waals surface area contributed by atoms with Gasteiger partial charge in [0.15, 0.2) is 0 Å². The Morgan fingerprint density at radius 2 is 1.92 bits per heavy atom. The monoisotopic (exact) mass is 362 g/mol. The minimum atomic E-state index is -0.456. The number of carbonyl (C=O) groups is 2. The number of hydrogen-bond acceptors (Lipinski definition) is 5. The molecule has 5 nitrogen and oxygen atoms in total. The Kier molecular flexibility index (Phi) is 4.69. The SMILES string of the molecule is COc1ccc(N2C(=O)CC(Sc3ccc(N)cc3)C2=O)cc1Cl. The summed E-state index contributed by atoms with van der Waals surface area (Å²) in [5, 5.41) is -0.104. The number of benzene rings is 2. The van der Waals surface area contributed by atoms with Crippen LogP contribution in [0.15, 0.2) is 47.4 Å². The zero-order valence-corrected chi connectivity index (χ0v) is 14.4. The van der Waals surface area contributed by atoms with E-state index in [4.69, 9.17) is 22.1 Å². The lowest BCUT2D eigenvalue weighted by molar-refractivity contribution is -0.121. The number of amides is 2. The number of rotatable bonds is 4. The quantitative estimate of drug-likeness (QED) is 0.667. The van der Waals surface area contributed by atoms with Crippen LogP contribution in [0, 0.1) is 0 Å². The lowest BCUT2D eigenvalue weighted by Gasteiger charge is -2.16. The van der Waals surface area contributed by atoms with E-state index < -0.39 is 5.25 Å². The lowest BCUT2D eigenvalue weighted by atomic mass is 10.3. The maximum absolute atomic E-state index is 12.6. The Morgan fingerprint density at radius 3 is 2.54 bits per heavy atom. The molecule has 1 saturated heterocycles. The van der Waals surface area contributed by atoms with Crippen LogP contribution in [-0.2, 0) is 9.59 Å². The third-order valence-electron chi connectivity index (χ3n) is 3.66. The molecule has 1 aliphatic rings. The zero-order chi connectivity index (χ0) is 17.3. The van der Waals surface area contributed by atoms with Crippen LogP contribution in [0.1, 0.15) is 6.42 Å². The number of nitrogens with two attached hydrogens (primary N) is 1. The Labute approximate surface area is 148 Å². The van der Waals surface area contributed by atoms with Gasteiger partial charge in [0.05, 0.1) is 23.1 Å². The van der Waals surface area contributed by atoms with Gasteiger partial charge in [-0.25, -0.2) is 4.90 Å². The first kappa shape index (κ1) is 16.7. The van der Waals surface area contributed by atoms with Crippen molar-refractivity contribution in [2.45, 2.75) is 16.6 Å². The van der Waals surface area contributed by atoms with Crippen LogP contribution in [0.5, 0.6) is 5.75 Å². The Hall–Kier alpha value is -2.18. The number of nitrogens with zero attached hydrogens (tertiary/aromatic N) is 1. The first-order valence-corrected chi connectivity index (χ1v) is 8.48. The van der Waals surface area contributed by atoms with Crippen molar-refractivity contribution in [2.75, 3.05) is 17.7 Å². The highest BCUT2D eigenvalue weighted by molar-refractivity contribution is 8.00. The molecule has 0 aliphatic carbocycles. The van der Waals surface area contributed by atoms with Crippen LogP contribution in [-0.4, -0.2) is 24.2 Å². The highest BCUT2D eigenvalue weighted by atomic mass is 35.5. The van der Waals surface area contributed by atoms with Crippen LogP contribution >= 0.6 is 23.4 Å². The number of methoxy groups -OCH3 is 1. The van der Waals surface area contributed by atoms with E-state index >= 15 is 0 Å². The summed E-state index contributed by atoms with van der Waals surface area (Å²) in [7, 11) is 1.51. The molecule has 0 bridgehead atoms. The van der Waals surface area contributed by atoms with E-state index in [0.717, 1.165) is 4.90 Å². The van der Waals surface area contributed by atoms with E-state index in [0.29, 0.717) is 22.1 Å². The number of hydrogen-bond donors (Lipinski definition) is 1. The van der Waals surface area contributed by atoms with E-state index in [-0.39, 0.29) is 18.2 Å². The number of carbonyl (C=O) groups excluding carboxylic acids is 2. The van der Waals surface area contributed by atoms with Gasteiger partial charge >= 0.3 is 0 Å². The molecular formula is C17H15ClN2O3S. The van der Waals surface area contributed by atoms with Gasteiger partial charge in [0.1, 0.15) is 5.75 Å². The Balaban J connectivity index is 1.81. The first-order valence-electron chi connectivity index (χ1n) is 7.22. The van der Waals surface area contributed by atoms with Crippen LogP contribution in [0.2, 0.25) is 5.02 Å². The highest BCUT2D eigenvalue weighted by Crippen LogP contribution is 2.36. The maximum atomic E-state index is 12.6. The van der Waals surface area contributed by atoms with Gasteiger partial charge in [-0.2, -0.15) is 0 Å². The molecule has 2 aromatic carbocycles. The van der Waals surface area contributed by atoms with Gasteiger partial charge in [-0.3, -0.25) is 9.59 Å². The van der Waals surface area contributed by atoms with Crippen molar-refractivity contribution in [2.24, 2.45) is 0 Å². The van der Waals surface area contributed by atoms with E-state index in [1.54, 1.807) is 30.3 Å². The summed E-state index contributed by atoms with van der Waals surface area (Å²) in [5.74, 6) is 0.00421. The molecule has 2 aromatic rings. The molecule has 1 heterocycles. The fourth-order valence-corrected chi connectivity index (χ4v) is 3.78. The van der Waals surface area contributed by atoms with Gasteiger partial charge in [0.25, 0.3) is 0 Å². The molecule has 1 atom stereocenters. The maximum Gasteiger partial charge on any atom is 0.247 e. The van der Waals surface area contributed by atoms with Crippen LogP contribution in [0.25, 0.3) is 0 Å².